The highest BCUT2D eigenvalue weighted by molar-refractivity contribution is 7.89. The quantitative estimate of drug-likeness (QED) is 0.795. The summed E-state index contributed by atoms with van der Waals surface area (Å²) in [5.41, 5.74) is 0. The third kappa shape index (κ3) is 3.04. The van der Waals surface area contributed by atoms with E-state index in [1.807, 2.05) is 0 Å². The van der Waals surface area contributed by atoms with Gasteiger partial charge in [-0.3, -0.25) is 0 Å². The van der Waals surface area contributed by atoms with Gasteiger partial charge in [0.25, 0.3) is 0 Å². The molecule has 0 spiro atoms. The lowest BCUT2D eigenvalue weighted by molar-refractivity contribution is 0.370. The van der Waals surface area contributed by atoms with Crippen LogP contribution in [0.4, 0.5) is 4.39 Å². The Morgan fingerprint density at radius 3 is 2.77 bits per heavy atom. The van der Waals surface area contributed by atoms with Crippen LogP contribution in [0.15, 0.2) is 23.1 Å². The molecule has 0 aliphatic carbocycles. The van der Waals surface area contributed by atoms with E-state index in [1.54, 1.807) is 0 Å². The van der Waals surface area contributed by atoms with Crippen LogP contribution in [0.2, 0.25) is 5.02 Å². The first kappa shape index (κ1) is 17.9. The fourth-order valence-corrected chi connectivity index (χ4v) is 5.74. The zero-order valence-corrected chi connectivity index (χ0v) is 15.8. The molecule has 1 saturated heterocycles. The van der Waals surface area contributed by atoms with Gasteiger partial charge in [0.2, 0.25) is 10.0 Å². The van der Waals surface area contributed by atoms with Crippen molar-refractivity contribution in [3.05, 3.63) is 40.7 Å². The number of nitrogens with zero attached hydrogens (tertiary/aromatic N) is 4. The standard InChI is InChI=1S/C17H20ClFN4O2S/c18-13-11-12(7-8-14(13)19)26(24,25)23-10-4-5-15(23)17-21-20-16-6-2-1-3-9-22(16)17/h7-8,11,15H,1-6,9-10H2. The van der Waals surface area contributed by atoms with E-state index in [1.165, 1.54) is 16.4 Å². The van der Waals surface area contributed by atoms with Crippen LogP contribution >= 0.6 is 11.6 Å². The van der Waals surface area contributed by atoms with E-state index < -0.39 is 15.8 Å². The van der Waals surface area contributed by atoms with Gasteiger partial charge >= 0.3 is 0 Å². The Morgan fingerprint density at radius 2 is 1.96 bits per heavy atom. The maximum Gasteiger partial charge on any atom is 0.243 e. The number of halogens is 2. The van der Waals surface area contributed by atoms with Crippen LogP contribution in [-0.4, -0.2) is 34.0 Å². The Balaban J connectivity index is 1.70. The van der Waals surface area contributed by atoms with Crippen molar-refractivity contribution >= 4 is 21.6 Å². The molecule has 0 radical (unpaired) electrons. The van der Waals surface area contributed by atoms with Crippen molar-refractivity contribution in [3.8, 4) is 0 Å². The van der Waals surface area contributed by atoms with Crippen LogP contribution in [0.1, 0.15) is 49.8 Å². The summed E-state index contributed by atoms with van der Waals surface area (Å²) in [7, 11) is -3.79. The van der Waals surface area contributed by atoms with Crippen molar-refractivity contribution in [3.63, 3.8) is 0 Å². The largest absolute Gasteiger partial charge is 0.314 e. The predicted molar refractivity (Wildman–Crippen MR) is 94.9 cm³/mol. The van der Waals surface area contributed by atoms with Gasteiger partial charge in [0, 0.05) is 19.5 Å². The van der Waals surface area contributed by atoms with Gasteiger partial charge in [-0.15, -0.1) is 10.2 Å². The van der Waals surface area contributed by atoms with E-state index in [-0.39, 0.29) is 16.0 Å². The first-order valence-electron chi connectivity index (χ1n) is 8.87. The summed E-state index contributed by atoms with van der Waals surface area (Å²) >= 11 is 5.79. The first-order valence-corrected chi connectivity index (χ1v) is 10.7. The molecule has 3 heterocycles. The maximum atomic E-state index is 13.4. The molecule has 6 nitrogen and oxygen atoms in total. The van der Waals surface area contributed by atoms with Crippen molar-refractivity contribution in [2.24, 2.45) is 0 Å². The normalized spacial score (nSPS) is 21.5. The number of fused-ring (bicyclic) bond motifs is 1. The third-order valence-electron chi connectivity index (χ3n) is 5.14. The van der Waals surface area contributed by atoms with Crippen molar-refractivity contribution in [1.29, 1.82) is 0 Å². The molecule has 1 fully saturated rings. The smallest absolute Gasteiger partial charge is 0.243 e. The van der Waals surface area contributed by atoms with Crippen LogP contribution in [-0.2, 0) is 23.0 Å². The molecule has 2 aliphatic heterocycles. The Hall–Kier alpha value is -1.51. The van der Waals surface area contributed by atoms with Crippen LogP contribution in [0.25, 0.3) is 0 Å². The van der Waals surface area contributed by atoms with Gasteiger partial charge in [0.15, 0.2) is 5.82 Å². The minimum atomic E-state index is -3.79. The second kappa shape index (κ2) is 6.90. The summed E-state index contributed by atoms with van der Waals surface area (Å²) in [6.07, 6.45) is 5.60. The summed E-state index contributed by atoms with van der Waals surface area (Å²) in [6.45, 7) is 1.23. The molecule has 0 saturated carbocycles. The van der Waals surface area contributed by atoms with E-state index in [9.17, 15) is 12.8 Å². The molecule has 1 aromatic heterocycles. The number of aryl methyl sites for hydroxylation is 1. The molecule has 1 atom stereocenters. The van der Waals surface area contributed by atoms with Gasteiger partial charge in [0.1, 0.15) is 11.6 Å². The summed E-state index contributed by atoms with van der Waals surface area (Å²) in [5, 5.41) is 8.43. The second-order valence-corrected chi connectivity index (χ2v) is 9.08. The highest BCUT2D eigenvalue weighted by Crippen LogP contribution is 2.37. The summed E-state index contributed by atoms with van der Waals surface area (Å²) in [6, 6.07) is 3.18. The lowest BCUT2D eigenvalue weighted by atomic mass is 10.2. The molecule has 0 bridgehead atoms. The van der Waals surface area contributed by atoms with E-state index in [0.29, 0.717) is 13.0 Å². The Bertz CT molecular complexity index is 931. The minimum absolute atomic E-state index is 0.00593. The lowest BCUT2D eigenvalue weighted by Gasteiger charge is -2.24. The number of rotatable bonds is 3. The van der Waals surface area contributed by atoms with Crippen LogP contribution < -0.4 is 0 Å². The summed E-state index contributed by atoms with van der Waals surface area (Å²) < 4.78 is 43.2. The van der Waals surface area contributed by atoms with Crippen molar-refractivity contribution in [2.75, 3.05) is 6.54 Å². The zero-order valence-electron chi connectivity index (χ0n) is 14.2. The van der Waals surface area contributed by atoms with E-state index in [4.69, 9.17) is 11.6 Å². The van der Waals surface area contributed by atoms with Crippen molar-refractivity contribution in [1.82, 2.24) is 19.1 Å². The van der Waals surface area contributed by atoms with Crippen LogP contribution in [0.3, 0.4) is 0 Å². The number of benzene rings is 1. The Morgan fingerprint density at radius 1 is 1.12 bits per heavy atom. The van der Waals surface area contributed by atoms with Crippen molar-refractivity contribution < 1.29 is 12.8 Å². The molecule has 1 unspecified atom stereocenters. The molecule has 0 N–H and O–H groups in total. The fraction of sp³-hybridized carbons (Fsp3) is 0.529. The van der Waals surface area contributed by atoms with Crippen LogP contribution in [0.5, 0.6) is 0 Å². The molecule has 2 aliphatic rings. The van der Waals surface area contributed by atoms with Gasteiger partial charge in [-0.25, -0.2) is 12.8 Å². The van der Waals surface area contributed by atoms with Gasteiger partial charge in [-0.05, 0) is 43.9 Å². The molecular weight excluding hydrogens is 379 g/mol. The monoisotopic (exact) mass is 398 g/mol. The van der Waals surface area contributed by atoms with Crippen LogP contribution in [0, 0.1) is 5.82 Å². The zero-order chi connectivity index (χ0) is 18.3. The Labute approximate surface area is 157 Å². The molecule has 140 valence electrons. The highest BCUT2D eigenvalue weighted by atomic mass is 35.5. The number of sulfonamides is 1. The second-order valence-electron chi connectivity index (χ2n) is 6.79. The molecule has 26 heavy (non-hydrogen) atoms. The molecule has 0 amide bonds. The fourth-order valence-electron chi connectivity index (χ4n) is 3.81. The summed E-state index contributed by atoms with van der Waals surface area (Å²) in [4.78, 5) is 0.00593. The van der Waals surface area contributed by atoms with E-state index >= 15 is 0 Å². The minimum Gasteiger partial charge on any atom is -0.314 e. The molecule has 4 rings (SSSR count). The van der Waals surface area contributed by atoms with E-state index in [0.717, 1.165) is 56.4 Å². The predicted octanol–water partition coefficient (Wildman–Crippen LogP) is 3.32. The molecule has 2 aromatic rings. The number of aromatic nitrogens is 3. The maximum absolute atomic E-state index is 13.4. The van der Waals surface area contributed by atoms with Gasteiger partial charge in [-0.2, -0.15) is 4.31 Å². The van der Waals surface area contributed by atoms with Gasteiger partial charge < -0.3 is 4.57 Å². The third-order valence-corrected chi connectivity index (χ3v) is 7.33. The number of hydrogen-bond donors (Lipinski definition) is 0. The first-order chi connectivity index (χ1) is 12.5. The average molecular weight is 399 g/mol. The number of hydrogen-bond acceptors (Lipinski definition) is 4. The molecule has 9 heteroatoms. The topological polar surface area (TPSA) is 68.1 Å². The summed E-state index contributed by atoms with van der Waals surface area (Å²) in [5.74, 6) is 1.02. The average Bonchev–Trinajstić information content (AvgIpc) is 3.18. The van der Waals surface area contributed by atoms with Crippen molar-refractivity contribution in [2.45, 2.75) is 56.0 Å². The van der Waals surface area contributed by atoms with Gasteiger partial charge in [0.05, 0.1) is 16.0 Å². The highest BCUT2D eigenvalue weighted by Gasteiger charge is 2.39. The SMILES string of the molecule is O=S(=O)(c1ccc(F)c(Cl)c1)N1CCCC1c1nnc2n1CCCCC2. The van der Waals surface area contributed by atoms with Gasteiger partial charge in [-0.1, -0.05) is 18.0 Å². The Kier molecular flexibility index (Phi) is 4.75. The lowest BCUT2D eigenvalue weighted by Crippen LogP contribution is -2.32. The molecule has 1 aromatic carbocycles. The molecular formula is C17H20ClFN4O2S. The van der Waals surface area contributed by atoms with E-state index in [2.05, 4.69) is 14.8 Å².